The van der Waals surface area contributed by atoms with E-state index in [0.717, 1.165) is 0 Å². The summed E-state index contributed by atoms with van der Waals surface area (Å²) in [7, 11) is 1.62. The molecule has 0 aliphatic carbocycles. The second kappa shape index (κ2) is 1.97. The van der Waals surface area contributed by atoms with Gasteiger partial charge in [-0.15, -0.1) is 4.91 Å². The summed E-state index contributed by atoms with van der Waals surface area (Å²) < 4.78 is 0. The van der Waals surface area contributed by atoms with E-state index >= 15 is 0 Å². The molecule has 0 spiro atoms. The quantitative estimate of drug-likeness (QED) is 0.326. The van der Waals surface area contributed by atoms with E-state index < -0.39 is 5.65 Å². The second-order valence-corrected chi connectivity index (χ2v) is 0.923. The molecule has 0 aromatic carbocycles. The lowest BCUT2D eigenvalue weighted by atomic mass is 11.4. The van der Waals surface area contributed by atoms with Crippen LogP contribution in [0.3, 0.4) is 0 Å². The van der Waals surface area contributed by atoms with Gasteiger partial charge in [-0.25, -0.2) is 0 Å². The van der Waals surface area contributed by atoms with Gasteiger partial charge in [0.05, 0.1) is 0 Å². The van der Waals surface area contributed by atoms with Crippen molar-refractivity contribution in [2.45, 2.75) is 0 Å². The van der Waals surface area contributed by atoms with Crippen molar-refractivity contribution in [1.82, 2.24) is 0 Å². The fraction of sp³-hybridized carbons (Fsp3) is 0. The summed E-state index contributed by atoms with van der Waals surface area (Å²) >= 11 is 0. The fourth-order valence-corrected chi connectivity index (χ4v) is 0. The highest BCUT2D eigenvalue weighted by Gasteiger charge is 1.77. The van der Waals surface area contributed by atoms with E-state index in [1.54, 1.807) is 9.24 Å². The van der Waals surface area contributed by atoms with Crippen molar-refractivity contribution < 1.29 is 4.79 Å². The molecule has 0 rings (SSSR count). The van der Waals surface area contributed by atoms with Gasteiger partial charge in [0.2, 0.25) is 0 Å². The number of carbonyl (C=O) groups excluding carboxylic acids is 1. The van der Waals surface area contributed by atoms with Crippen LogP contribution >= 0.6 is 9.24 Å². The van der Waals surface area contributed by atoms with Gasteiger partial charge in [0, 0.05) is 5.18 Å². The Balaban J connectivity index is 3.20. The molecule has 0 aliphatic heterocycles. The van der Waals surface area contributed by atoms with Crippen LogP contribution in [-0.2, 0) is 0 Å². The molecule has 0 aliphatic rings. The monoisotopic (exact) mass is 91.0 g/mol. The average molecular weight is 91.0 g/mol. The molecule has 0 heterocycles. The first-order chi connectivity index (χ1) is 2.27. The summed E-state index contributed by atoms with van der Waals surface area (Å²) in [6.45, 7) is 0. The van der Waals surface area contributed by atoms with Crippen molar-refractivity contribution in [3.05, 3.63) is 4.91 Å². The lowest BCUT2D eigenvalue weighted by Crippen LogP contribution is -1.60. The third-order valence-electron chi connectivity index (χ3n) is 0.0900. The van der Waals surface area contributed by atoms with E-state index in [9.17, 15) is 4.79 Å². The summed E-state index contributed by atoms with van der Waals surface area (Å²) in [5.74, 6) is 0. The molecule has 1 atom stereocenters. The van der Waals surface area contributed by atoms with Gasteiger partial charge in [0.15, 0.2) is 0 Å². The maximum atomic E-state index is 9.30. The van der Waals surface area contributed by atoms with Gasteiger partial charge in [-0.1, -0.05) is 0 Å². The maximum Gasteiger partial charge on any atom is 0.300 e. The smallest absolute Gasteiger partial charge is 0.264 e. The van der Waals surface area contributed by atoms with E-state index in [-0.39, 0.29) is 0 Å². The first kappa shape index (κ1) is 4.70. The molecule has 0 N–H and O–H groups in total. The molecule has 4 heteroatoms. The van der Waals surface area contributed by atoms with Crippen molar-refractivity contribution in [2.24, 2.45) is 5.18 Å². The first-order valence-electron chi connectivity index (χ1n) is 0.899. The van der Waals surface area contributed by atoms with Gasteiger partial charge in [0.25, 0.3) is 5.65 Å². The van der Waals surface area contributed by atoms with Crippen LogP contribution in [-0.4, -0.2) is 5.65 Å². The number of hydrogen-bond acceptors (Lipinski definition) is 2. The van der Waals surface area contributed by atoms with Crippen molar-refractivity contribution in [2.75, 3.05) is 0 Å². The van der Waals surface area contributed by atoms with Gasteiger partial charge < -0.3 is 0 Å². The molecule has 0 saturated heterocycles. The van der Waals surface area contributed by atoms with Crippen molar-refractivity contribution in [3.8, 4) is 0 Å². The zero-order valence-corrected chi connectivity index (χ0v) is 3.50. The van der Waals surface area contributed by atoms with Gasteiger partial charge in [-0.2, -0.15) is 0 Å². The lowest BCUT2D eigenvalue weighted by molar-refractivity contribution is 0.267. The number of hydrogen-bond donors (Lipinski definition) is 0. The van der Waals surface area contributed by atoms with Crippen LogP contribution in [0.5, 0.6) is 0 Å². The minimum atomic E-state index is -0.759. The molecular formula is CH2NO2P. The van der Waals surface area contributed by atoms with Crippen LogP contribution in [0.2, 0.25) is 0 Å². The summed E-state index contributed by atoms with van der Waals surface area (Å²) in [5, 5.41) is 1.96. The van der Waals surface area contributed by atoms with Crippen LogP contribution in [0, 0.1) is 4.91 Å². The predicted octanol–water partition coefficient (Wildman–Crippen LogP) is 0.748. The van der Waals surface area contributed by atoms with Crippen LogP contribution in [0.25, 0.3) is 0 Å². The Hall–Kier alpha value is -0.300. The Morgan fingerprint density at radius 1 is 1.80 bits per heavy atom. The number of rotatable bonds is 0. The SMILES string of the molecule is O=NC(=O)P. The van der Waals surface area contributed by atoms with Crippen molar-refractivity contribution >= 4 is 14.9 Å². The minimum Gasteiger partial charge on any atom is -0.264 e. The Morgan fingerprint density at radius 3 is 2.00 bits per heavy atom. The molecule has 5 heavy (non-hydrogen) atoms. The molecule has 0 fully saturated rings. The molecule has 0 bridgehead atoms. The predicted molar refractivity (Wildman–Crippen MR) is 20.9 cm³/mol. The second-order valence-electron chi connectivity index (χ2n) is 0.430. The number of carbonyl (C=O) groups is 1. The van der Waals surface area contributed by atoms with Crippen LogP contribution < -0.4 is 0 Å². The Labute approximate surface area is 30.9 Å². The summed E-state index contributed by atoms with van der Waals surface area (Å²) in [5.41, 5.74) is -0.759. The average Bonchev–Trinajstić information content (AvgIpc) is 1.38. The number of nitroso groups, excluding NO2 is 1. The van der Waals surface area contributed by atoms with Gasteiger partial charge in [-0.3, -0.25) is 4.79 Å². The molecular weight excluding hydrogens is 89.0 g/mol. The molecule has 1 amide bonds. The molecule has 28 valence electrons. The first-order valence-corrected chi connectivity index (χ1v) is 1.48. The lowest BCUT2D eigenvalue weighted by Gasteiger charge is -1.56. The van der Waals surface area contributed by atoms with E-state index in [0.29, 0.717) is 0 Å². The van der Waals surface area contributed by atoms with Crippen molar-refractivity contribution in [3.63, 3.8) is 0 Å². The molecule has 3 nitrogen and oxygen atoms in total. The highest BCUT2D eigenvalue weighted by molar-refractivity contribution is 7.39. The minimum absolute atomic E-state index is 0.759. The third kappa shape index (κ3) is 3.70. The Kier molecular flexibility index (Phi) is 1.85. The van der Waals surface area contributed by atoms with E-state index in [4.69, 9.17) is 4.91 Å². The fourth-order valence-electron chi connectivity index (χ4n) is 0. The summed E-state index contributed by atoms with van der Waals surface area (Å²) in [6.07, 6.45) is 0. The van der Waals surface area contributed by atoms with Crippen molar-refractivity contribution in [1.29, 1.82) is 0 Å². The molecule has 0 radical (unpaired) electrons. The number of amides is 1. The molecule has 0 aromatic rings. The standard InChI is InChI=1S/CH2NO2P/c3-1(5)2-4/h5H2. The Morgan fingerprint density at radius 2 is 2.00 bits per heavy atom. The Bertz CT molecular complexity index is 60.7. The number of nitrogens with zero attached hydrogens (tertiary/aromatic N) is 1. The van der Waals surface area contributed by atoms with Gasteiger partial charge >= 0.3 is 0 Å². The van der Waals surface area contributed by atoms with Crippen LogP contribution in [0.15, 0.2) is 5.18 Å². The highest BCUT2D eigenvalue weighted by Crippen LogP contribution is 1.84. The summed E-state index contributed by atoms with van der Waals surface area (Å²) in [4.78, 5) is 18.2. The third-order valence-corrected chi connectivity index (χ3v) is 0.195. The van der Waals surface area contributed by atoms with E-state index in [1.807, 2.05) is 5.18 Å². The summed E-state index contributed by atoms with van der Waals surface area (Å²) in [6, 6.07) is 0. The maximum absolute atomic E-state index is 9.30. The zero-order chi connectivity index (χ0) is 4.28. The topological polar surface area (TPSA) is 46.5 Å². The zero-order valence-electron chi connectivity index (χ0n) is 2.34. The molecule has 0 aromatic heterocycles. The van der Waals surface area contributed by atoms with E-state index in [2.05, 4.69) is 0 Å². The normalized spacial score (nSPS) is 6.60. The molecule has 1 unspecified atom stereocenters. The largest absolute Gasteiger partial charge is 0.300 e. The van der Waals surface area contributed by atoms with Crippen LogP contribution in [0.4, 0.5) is 4.79 Å². The van der Waals surface area contributed by atoms with Gasteiger partial charge in [-0.05, 0) is 9.24 Å². The van der Waals surface area contributed by atoms with Gasteiger partial charge in [0.1, 0.15) is 0 Å². The van der Waals surface area contributed by atoms with Crippen LogP contribution in [0.1, 0.15) is 0 Å². The molecule has 0 saturated carbocycles. The highest BCUT2D eigenvalue weighted by atomic mass is 31.0. The van der Waals surface area contributed by atoms with E-state index in [1.165, 1.54) is 0 Å².